The minimum Gasteiger partial charge on any atom is -0.464 e. The first-order valence-corrected chi connectivity index (χ1v) is 6.55. The summed E-state index contributed by atoms with van der Waals surface area (Å²) in [6, 6.07) is 0. The summed E-state index contributed by atoms with van der Waals surface area (Å²) in [7, 11) is 0. The van der Waals surface area contributed by atoms with Gasteiger partial charge in [-0.2, -0.15) is 0 Å². The molecule has 1 N–H and O–H groups in total. The van der Waals surface area contributed by atoms with Gasteiger partial charge in [-0.25, -0.2) is 4.79 Å². The first kappa shape index (κ1) is 14.5. The minimum atomic E-state index is -1.33. The Morgan fingerprint density at radius 3 is 2.76 bits per heavy atom. The molecule has 1 heterocycles. The van der Waals surface area contributed by atoms with Crippen molar-refractivity contribution < 1.29 is 19.4 Å². The van der Waals surface area contributed by atoms with Gasteiger partial charge in [-0.05, 0) is 33.1 Å². The number of carbonyl (C=O) groups excluding carboxylic acids is 1. The molecule has 1 saturated heterocycles. The zero-order valence-electron chi connectivity index (χ0n) is 11.1. The molecule has 4 heteroatoms. The van der Waals surface area contributed by atoms with Crippen LogP contribution in [0.25, 0.3) is 0 Å². The summed E-state index contributed by atoms with van der Waals surface area (Å²) in [5.41, 5.74) is -1.33. The maximum Gasteiger partial charge on any atom is 0.338 e. The summed E-state index contributed by atoms with van der Waals surface area (Å²) in [5.74, 6) is -0.522. The smallest absolute Gasteiger partial charge is 0.338 e. The molecule has 0 spiro atoms. The maximum atomic E-state index is 11.9. The molecule has 0 aliphatic carbocycles. The molecule has 1 aliphatic rings. The van der Waals surface area contributed by atoms with Crippen LogP contribution in [0.4, 0.5) is 0 Å². The Morgan fingerprint density at radius 1 is 1.53 bits per heavy atom. The lowest BCUT2D eigenvalue weighted by atomic mass is 9.77. The molecule has 0 aromatic heterocycles. The summed E-state index contributed by atoms with van der Waals surface area (Å²) in [5, 5.41) is 10.6. The van der Waals surface area contributed by atoms with E-state index in [1.54, 1.807) is 6.92 Å². The Balaban J connectivity index is 2.77. The Kier molecular flexibility index (Phi) is 5.40. The Hall–Kier alpha value is -0.610. The molecule has 0 aromatic carbocycles. The lowest BCUT2D eigenvalue weighted by Crippen LogP contribution is -2.50. The lowest BCUT2D eigenvalue weighted by Gasteiger charge is -2.38. The molecule has 17 heavy (non-hydrogen) atoms. The zero-order chi connectivity index (χ0) is 12.9. The van der Waals surface area contributed by atoms with E-state index >= 15 is 0 Å². The number of hydrogen-bond donors (Lipinski definition) is 1. The molecule has 0 radical (unpaired) electrons. The predicted molar refractivity (Wildman–Crippen MR) is 64.6 cm³/mol. The normalized spacial score (nSPS) is 28.5. The van der Waals surface area contributed by atoms with Gasteiger partial charge in [0.1, 0.15) is 0 Å². The summed E-state index contributed by atoms with van der Waals surface area (Å²) >= 11 is 0. The van der Waals surface area contributed by atoms with Gasteiger partial charge < -0.3 is 14.6 Å². The standard InChI is InChI=1S/C13H24O4/c1-4-7-13(15,12(14)16-5-2)11-6-8-17-10(3)9-11/h10-11,15H,4-9H2,1-3H3. The van der Waals surface area contributed by atoms with Crippen LogP contribution < -0.4 is 0 Å². The van der Waals surface area contributed by atoms with Gasteiger partial charge in [0.05, 0.1) is 12.7 Å². The van der Waals surface area contributed by atoms with Crippen LogP contribution in [0.5, 0.6) is 0 Å². The molecule has 4 nitrogen and oxygen atoms in total. The van der Waals surface area contributed by atoms with Crippen molar-refractivity contribution in [3.05, 3.63) is 0 Å². The van der Waals surface area contributed by atoms with E-state index in [1.807, 2.05) is 13.8 Å². The van der Waals surface area contributed by atoms with Gasteiger partial charge in [-0.1, -0.05) is 13.3 Å². The largest absolute Gasteiger partial charge is 0.464 e. The van der Waals surface area contributed by atoms with Crippen molar-refractivity contribution in [2.45, 2.75) is 58.2 Å². The predicted octanol–water partition coefficient (Wildman–Crippen LogP) is 1.90. The highest BCUT2D eigenvalue weighted by atomic mass is 16.5. The number of aliphatic hydroxyl groups is 1. The van der Waals surface area contributed by atoms with Crippen LogP contribution in [0.15, 0.2) is 0 Å². The molecule has 1 fully saturated rings. The number of ether oxygens (including phenoxy) is 2. The lowest BCUT2D eigenvalue weighted by molar-refractivity contribution is -0.178. The molecule has 100 valence electrons. The van der Waals surface area contributed by atoms with Crippen LogP contribution in [-0.4, -0.2) is 36.0 Å². The average molecular weight is 244 g/mol. The van der Waals surface area contributed by atoms with Crippen LogP contribution in [-0.2, 0) is 14.3 Å². The molecule has 3 unspecified atom stereocenters. The molecule has 3 atom stereocenters. The fourth-order valence-electron chi connectivity index (χ4n) is 2.54. The van der Waals surface area contributed by atoms with E-state index in [9.17, 15) is 9.90 Å². The number of esters is 1. The van der Waals surface area contributed by atoms with Crippen LogP contribution in [0.2, 0.25) is 0 Å². The van der Waals surface area contributed by atoms with Gasteiger partial charge in [-0.15, -0.1) is 0 Å². The number of carbonyl (C=O) groups is 1. The quantitative estimate of drug-likeness (QED) is 0.750. The maximum absolute atomic E-state index is 11.9. The van der Waals surface area contributed by atoms with E-state index in [2.05, 4.69) is 0 Å². The zero-order valence-corrected chi connectivity index (χ0v) is 11.1. The van der Waals surface area contributed by atoms with Gasteiger partial charge in [0.25, 0.3) is 0 Å². The van der Waals surface area contributed by atoms with Gasteiger partial charge in [0.15, 0.2) is 5.60 Å². The first-order chi connectivity index (χ1) is 8.04. The van der Waals surface area contributed by atoms with Crippen molar-refractivity contribution in [1.82, 2.24) is 0 Å². The van der Waals surface area contributed by atoms with E-state index in [-0.39, 0.29) is 12.0 Å². The van der Waals surface area contributed by atoms with E-state index < -0.39 is 11.6 Å². The van der Waals surface area contributed by atoms with E-state index in [0.717, 1.165) is 19.3 Å². The number of rotatable bonds is 5. The topological polar surface area (TPSA) is 55.8 Å². The molecular formula is C13H24O4. The molecule has 1 aliphatic heterocycles. The first-order valence-electron chi connectivity index (χ1n) is 6.55. The third kappa shape index (κ3) is 3.42. The highest BCUT2D eigenvalue weighted by Gasteiger charge is 2.45. The van der Waals surface area contributed by atoms with Crippen molar-refractivity contribution in [2.24, 2.45) is 5.92 Å². The van der Waals surface area contributed by atoms with Crippen LogP contribution in [0, 0.1) is 5.92 Å². The summed E-state index contributed by atoms with van der Waals surface area (Å²) in [6.07, 6.45) is 2.77. The second-order valence-electron chi connectivity index (χ2n) is 4.80. The van der Waals surface area contributed by atoms with Gasteiger partial charge in [0.2, 0.25) is 0 Å². The molecule has 1 rings (SSSR count). The Labute approximate surface area is 103 Å². The average Bonchev–Trinajstić information content (AvgIpc) is 2.29. The summed E-state index contributed by atoms with van der Waals surface area (Å²) in [6.45, 7) is 6.62. The SMILES string of the molecule is CCCC(O)(C(=O)OCC)C1CCOC(C)C1. The van der Waals surface area contributed by atoms with Crippen molar-refractivity contribution in [2.75, 3.05) is 13.2 Å². The van der Waals surface area contributed by atoms with E-state index in [1.165, 1.54) is 0 Å². The van der Waals surface area contributed by atoms with Crippen molar-refractivity contribution in [3.63, 3.8) is 0 Å². The Morgan fingerprint density at radius 2 is 2.24 bits per heavy atom. The van der Waals surface area contributed by atoms with Gasteiger partial charge in [-0.3, -0.25) is 0 Å². The highest BCUT2D eigenvalue weighted by Crippen LogP contribution is 2.34. The fourth-order valence-corrected chi connectivity index (χ4v) is 2.54. The highest BCUT2D eigenvalue weighted by molar-refractivity contribution is 5.79. The molecule has 0 amide bonds. The molecular weight excluding hydrogens is 220 g/mol. The van der Waals surface area contributed by atoms with Gasteiger partial charge >= 0.3 is 5.97 Å². The van der Waals surface area contributed by atoms with Crippen LogP contribution >= 0.6 is 0 Å². The van der Waals surface area contributed by atoms with Crippen molar-refractivity contribution in [1.29, 1.82) is 0 Å². The number of hydrogen-bond acceptors (Lipinski definition) is 4. The summed E-state index contributed by atoms with van der Waals surface area (Å²) < 4.78 is 10.5. The molecule has 0 saturated carbocycles. The van der Waals surface area contributed by atoms with E-state index in [0.29, 0.717) is 19.6 Å². The van der Waals surface area contributed by atoms with Gasteiger partial charge in [0, 0.05) is 12.5 Å². The second-order valence-corrected chi connectivity index (χ2v) is 4.80. The fraction of sp³-hybridized carbons (Fsp3) is 0.923. The minimum absolute atomic E-state index is 0.0507. The third-order valence-electron chi connectivity index (χ3n) is 3.42. The summed E-state index contributed by atoms with van der Waals surface area (Å²) in [4.78, 5) is 11.9. The second kappa shape index (κ2) is 6.36. The third-order valence-corrected chi connectivity index (χ3v) is 3.42. The molecule has 0 aromatic rings. The molecule has 0 bridgehead atoms. The van der Waals surface area contributed by atoms with Crippen molar-refractivity contribution in [3.8, 4) is 0 Å². The van der Waals surface area contributed by atoms with E-state index in [4.69, 9.17) is 9.47 Å². The monoisotopic (exact) mass is 244 g/mol. The van der Waals surface area contributed by atoms with Crippen LogP contribution in [0.1, 0.15) is 46.5 Å². The van der Waals surface area contributed by atoms with Crippen LogP contribution in [0.3, 0.4) is 0 Å². The Bertz CT molecular complexity index is 254. The van der Waals surface area contributed by atoms with Crippen molar-refractivity contribution >= 4 is 5.97 Å².